The molecule has 0 aliphatic carbocycles. The zero-order valence-electron chi connectivity index (χ0n) is 9.95. The highest BCUT2D eigenvalue weighted by Gasteiger charge is 1.99. The second-order valence-corrected chi connectivity index (χ2v) is 3.58. The van der Waals surface area contributed by atoms with E-state index < -0.39 is 0 Å². The van der Waals surface area contributed by atoms with E-state index >= 15 is 0 Å². The molecule has 0 saturated heterocycles. The van der Waals surface area contributed by atoms with E-state index in [1.165, 1.54) is 0 Å². The molecule has 5 nitrogen and oxygen atoms in total. The monoisotopic (exact) mass is 337 g/mol. The fourth-order valence-corrected chi connectivity index (χ4v) is 1.13. The third-order valence-corrected chi connectivity index (χ3v) is 1.74. The molecule has 0 aliphatic heterocycles. The average molecular weight is 337 g/mol. The van der Waals surface area contributed by atoms with Crippen molar-refractivity contribution in [3.8, 4) is 0 Å². The Bertz CT molecular complexity index is 294. The first kappa shape index (κ1) is 15.2. The lowest BCUT2D eigenvalue weighted by Gasteiger charge is -2.13. The number of hydrogen-bond acceptors (Lipinski definition) is 2. The van der Waals surface area contributed by atoms with Gasteiger partial charge in [-0.2, -0.15) is 5.10 Å². The van der Waals surface area contributed by atoms with E-state index in [0.717, 1.165) is 18.2 Å². The zero-order valence-corrected chi connectivity index (χ0v) is 12.3. The number of halogens is 1. The predicted molar refractivity (Wildman–Crippen MR) is 77.1 cm³/mol. The Morgan fingerprint density at radius 2 is 2.31 bits per heavy atom. The van der Waals surface area contributed by atoms with Crippen LogP contribution in [0.3, 0.4) is 0 Å². The molecule has 0 radical (unpaired) electrons. The summed E-state index contributed by atoms with van der Waals surface area (Å²) in [6.45, 7) is 7.70. The summed E-state index contributed by atoms with van der Waals surface area (Å²) in [6.07, 6.45) is 1.73. The topological polar surface area (TPSA) is 65.1 Å². The fraction of sp³-hybridized carbons (Fsp3) is 0.600. The van der Waals surface area contributed by atoms with E-state index in [0.29, 0.717) is 12.6 Å². The molecule has 0 amide bonds. The van der Waals surface area contributed by atoms with Crippen molar-refractivity contribution in [3.63, 3.8) is 0 Å². The molecule has 92 valence electrons. The maximum atomic E-state index is 4.42. The molecule has 1 aromatic rings. The number of aliphatic imine (C=N–C) groups is 1. The van der Waals surface area contributed by atoms with Gasteiger partial charge in [0, 0.05) is 18.8 Å². The largest absolute Gasteiger partial charge is 0.357 e. The molecule has 1 rings (SSSR count). The lowest BCUT2D eigenvalue weighted by Crippen LogP contribution is -2.41. The third kappa shape index (κ3) is 5.94. The molecule has 0 fully saturated rings. The molecular formula is C10H20IN5. The van der Waals surface area contributed by atoms with Crippen LogP contribution in [0.25, 0.3) is 0 Å². The fourth-order valence-electron chi connectivity index (χ4n) is 1.13. The summed E-state index contributed by atoms with van der Waals surface area (Å²) in [5, 5.41) is 13.2. The Morgan fingerprint density at radius 3 is 2.81 bits per heavy atom. The van der Waals surface area contributed by atoms with Crippen LogP contribution in [-0.2, 0) is 6.54 Å². The number of rotatable bonds is 4. The van der Waals surface area contributed by atoms with Crippen LogP contribution in [0, 0.1) is 0 Å². The van der Waals surface area contributed by atoms with E-state index in [-0.39, 0.29) is 24.0 Å². The Balaban J connectivity index is 0.00000225. The number of H-pyrrole nitrogens is 1. The summed E-state index contributed by atoms with van der Waals surface area (Å²) < 4.78 is 0. The van der Waals surface area contributed by atoms with Crippen LogP contribution in [0.15, 0.2) is 17.3 Å². The van der Waals surface area contributed by atoms with Gasteiger partial charge in [-0.3, -0.25) is 5.10 Å². The van der Waals surface area contributed by atoms with Crippen molar-refractivity contribution in [2.24, 2.45) is 4.99 Å². The van der Waals surface area contributed by atoms with Gasteiger partial charge in [0.25, 0.3) is 0 Å². The summed E-state index contributed by atoms with van der Waals surface area (Å²) in [6, 6.07) is 2.30. The van der Waals surface area contributed by atoms with E-state index in [9.17, 15) is 0 Å². The lowest BCUT2D eigenvalue weighted by atomic mass is 10.4. The molecule has 0 aromatic carbocycles. The molecule has 3 N–H and O–H groups in total. The highest BCUT2D eigenvalue weighted by atomic mass is 127. The van der Waals surface area contributed by atoms with Gasteiger partial charge < -0.3 is 10.6 Å². The van der Waals surface area contributed by atoms with Gasteiger partial charge in [0.05, 0.1) is 12.2 Å². The molecule has 16 heavy (non-hydrogen) atoms. The first-order chi connectivity index (χ1) is 7.22. The second kappa shape index (κ2) is 8.37. The summed E-state index contributed by atoms with van der Waals surface area (Å²) >= 11 is 0. The first-order valence-corrected chi connectivity index (χ1v) is 5.25. The van der Waals surface area contributed by atoms with Crippen molar-refractivity contribution in [2.45, 2.75) is 33.4 Å². The standard InChI is InChI=1S/C10H19N5.HI/c1-4-11-10(14-8(2)3)12-7-9-5-6-13-15-9;/h5-6,8H,4,7H2,1-3H3,(H,13,15)(H2,11,12,14);1H. The first-order valence-electron chi connectivity index (χ1n) is 5.25. The van der Waals surface area contributed by atoms with Crippen molar-refractivity contribution < 1.29 is 0 Å². The van der Waals surface area contributed by atoms with Crippen molar-refractivity contribution in [3.05, 3.63) is 18.0 Å². The molecular weight excluding hydrogens is 317 g/mol. The van der Waals surface area contributed by atoms with Crippen LogP contribution in [0.1, 0.15) is 26.5 Å². The van der Waals surface area contributed by atoms with Gasteiger partial charge in [0.2, 0.25) is 0 Å². The number of nitrogens with one attached hydrogen (secondary N) is 3. The van der Waals surface area contributed by atoms with Gasteiger partial charge in [0.15, 0.2) is 5.96 Å². The number of aromatic amines is 1. The van der Waals surface area contributed by atoms with Gasteiger partial charge in [-0.1, -0.05) is 0 Å². The Hall–Kier alpha value is -0.790. The molecule has 0 unspecified atom stereocenters. The van der Waals surface area contributed by atoms with Crippen LogP contribution < -0.4 is 10.6 Å². The van der Waals surface area contributed by atoms with Crippen LogP contribution in [0.4, 0.5) is 0 Å². The van der Waals surface area contributed by atoms with Crippen LogP contribution in [-0.4, -0.2) is 28.7 Å². The van der Waals surface area contributed by atoms with Gasteiger partial charge >= 0.3 is 0 Å². The molecule has 0 atom stereocenters. The van der Waals surface area contributed by atoms with E-state index in [1.54, 1.807) is 6.20 Å². The smallest absolute Gasteiger partial charge is 0.191 e. The maximum absolute atomic E-state index is 4.42. The van der Waals surface area contributed by atoms with Crippen LogP contribution >= 0.6 is 24.0 Å². The number of guanidine groups is 1. The van der Waals surface area contributed by atoms with Crippen LogP contribution in [0.2, 0.25) is 0 Å². The Labute approximate surface area is 114 Å². The SMILES string of the molecule is CCNC(=NCc1ccn[nH]1)NC(C)C.I. The minimum atomic E-state index is 0. The van der Waals surface area contributed by atoms with E-state index in [1.807, 2.05) is 13.0 Å². The highest BCUT2D eigenvalue weighted by molar-refractivity contribution is 14.0. The third-order valence-electron chi connectivity index (χ3n) is 1.74. The summed E-state index contributed by atoms with van der Waals surface area (Å²) in [4.78, 5) is 4.42. The normalized spacial score (nSPS) is 11.1. The van der Waals surface area contributed by atoms with Gasteiger partial charge in [-0.25, -0.2) is 4.99 Å². The molecule has 0 bridgehead atoms. The maximum Gasteiger partial charge on any atom is 0.191 e. The number of nitrogens with zero attached hydrogens (tertiary/aromatic N) is 2. The number of hydrogen-bond donors (Lipinski definition) is 3. The van der Waals surface area contributed by atoms with Crippen molar-refractivity contribution in [1.82, 2.24) is 20.8 Å². The molecule has 0 aliphatic rings. The quantitative estimate of drug-likeness (QED) is 0.443. The Morgan fingerprint density at radius 1 is 1.56 bits per heavy atom. The summed E-state index contributed by atoms with van der Waals surface area (Å²) in [7, 11) is 0. The molecule has 6 heteroatoms. The van der Waals surface area contributed by atoms with Crippen molar-refractivity contribution in [2.75, 3.05) is 6.54 Å². The van der Waals surface area contributed by atoms with Gasteiger partial charge in [-0.05, 0) is 26.8 Å². The molecule has 0 spiro atoms. The second-order valence-electron chi connectivity index (χ2n) is 3.58. The molecule has 0 saturated carbocycles. The predicted octanol–water partition coefficient (Wildman–Crippen LogP) is 1.49. The number of aromatic nitrogens is 2. The summed E-state index contributed by atoms with van der Waals surface area (Å²) in [5.41, 5.74) is 1.01. The molecule has 1 aromatic heterocycles. The van der Waals surface area contributed by atoms with E-state index in [4.69, 9.17) is 0 Å². The summed E-state index contributed by atoms with van der Waals surface area (Å²) in [5.74, 6) is 0.835. The minimum Gasteiger partial charge on any atom is -0.357 e. The lowest BCUT2D eigenvalue weighted by molar-refractivity contribution is 0.699. The zero-order chi connectivity index (χ0) is 11.1. The van der Waals surface area contributed by atoms with Crippen molar-refractivity contribution >= 4 is 29.9 Å². The van der Waals surface area contributed by atoms with Crippen molar-refractivity contribution in [1.29, 1.82) is 0 Å². The van der Waals surface area contributed by atoms with Gasteiger partial charge in [0.1, 0.15) is 0 Å². The average Bonchev–Trinajstić information content (AvgIpc) is 2.66. The van der Waals surface area contributed by atoms with E-state index in [2.05, 4.69) is 39.7 Å². The van der Waals surface area contributed by atoms with Gasteiger partial charge in [-0.15, -0.1) is 24.0 Å². The van der Waals surface area contributed by atoms with Crippen LogP contribution in [0.5, 0.6) is 0 Å². The Kier molecular flexibility index (Phi) is 7.96. The minimum absolute atomic E-state index is 0. The molecule has 1 heterocycles. The highest BCUT2D eigenvalue weighted by Crippen LogP contribution is 1.93.